The summed E-state index contributed by atoms with van der Waals surface area (Å²) in [6, 6.07) is 68.5. The third-order valence-corrected chi connectivity index (χ3v) is 13.0. The van der Waals surface area contributed by atoms with Crippen molar-refractivity contribution in [3.8, 4) is 34.3 Å². The van der Waals surface area contributed by atoms with Gasteiger partial charge in [0.2, 0.25) is 11.8 Å². The van der Waals surface area contributed by atoms with Crippen LogP contribution in [0.15, 0.2) is 260 Å². The van der Waals surface area contributed by atoms with E-state index in [1.54, 1.807) is 6.08 Å². The summed E-state index contributed by atoms with van der Waals surface area (Å²) < 4.78 is 11.3. The summed E-state index contributed by atoms with van der Waals surface area (Å²) in [6.45, 7) is 8.37. The monoisotopic (exact) mass is 890 g/mol. The number of para-hydroxylation sites is 4. The van der Waals surface area contributed by atoms with Gasteiger partial charge in [-0.3, -0.25) is 0 Å². The molecule has 330 valence electrons. The second-order valence-corrected chi connectivity index (χ2v) is 17.2. The second kappa shape index (κ2) is 17.5. The predicted octanol–water partition coefficient (Wildman–Crippen LogP) is 16.0. The first-order valence-electron chi connectivity index (χ1n) is 23.2. The van der Waals surface area contributed by atoms with Crippen LogP contribution in [0.5, 0.6) is 0 Å². The zero-order valence-corrected chi connectivity index (χ0v) is 37.8. The molecule has 11 aromatic rings. The molecular weight excluding hydrogens is 845 g/mol. The highest BCUT2D eigenvalue weighted by molar-refractivity contribution is 6.11. The van der Waals surface area contributed by atoms with E-state index >= 15 is 0 Å². The zero-order chi connectivity index (χ0) is 46.3. The van der Waals surface area contributed by atoms with Gasteiger partial charge >= 0.3 is 0 Å². The van der Waals surface area contributed by atoms with E-state index < -0.39 is 0 Å². The molecule has 0 aliphatic heterocycles. The van der Waals surface area contributed by atoms with Crippen LogP contribution in [0.4, 0.5) is 22.7 Å². The molecule has 12 rings (SSSR count). The molecule has 0 saturated carbocycles. The molecule has 3 heterocycles. The van der Waals surface area contributed by atoms with Crippen molar-refractivity contribution < 1.29 is 4.42 Å². The van der Waals surface area contributed by atoms with Crippen LogP contribution in [0.1, 0.15) is 6.42 Å². The van der Waals surface area contributed by atoms with Gasteiger partial charge in [-0.15, -0.1) is 10.2 Å². The quantitative estimate of drug-likeness (QED) is 0.114. The minimum atomic E-state index is 0.120. The van der Waals surface area contributed by atoms with E-state index in [0.29, 0.717) is 11.8 Å². The molecule has 0 spiro atoms. The Balaban J connectivity index is 0.938. The topological polar surface area (TPSA) is 55.3 Å². The lowest BCUT2D eigenvalue weighted by molar-refractivity contribution is 0.584. The highest BCUT2D eigenvalue weighted by atomic mass is 16.4. The van der Waals surface area contributed by atoms with E-state index in [2.05, 4.69) is 261 Å². The molecule has 1 atom stereocenters. The van der Waals surface area contributed by atoms with Crippen molar-refractivity contribution in [2.45, 2.75) is 12.5 Å². The van der Waals surface area contributed by atoms with E-state index in [4.69, 9.17) is 4.42 Å². The van der Waals surface area contributed by atoms with Crippen molar-refractivity contribution in [1.82, 2.24) is 19.3 Å². The van der Waals surface area contributed by atoms with Gasteiger partial charge < -0.3 is 23.4 Å². The summed E-state index contributed by atoms with van der Waals surface area (Å²) >= 11 is 0. The summed E-state index contributed by atoms with van der Waals surface area (Å²) in [5, 5.41) is 13.9. The molecule has 69 heavy (non-hydrogen) atoms. The first-order chi connectivity index (χ1) is 34.1. The SMILES string of the molecule is C=C/C=C\C(=C)N(c1cccc(-n2c3ccccc3c3ccc(-c4nnc(-c5ccc6c7ccccc7n(-c7cccc(N(c8ccccc8)c8ccccc8)c7)c6c5)o4)cc32)c1)C1C=CC=CC1. The van der Waals surface area contributed by atoms with E-state index in [9.17, 15) is 0 Å². The number of benzene rings is 8. The fourth-order valence-corrected chi connectivity index (χ4v) is 9.96. The Bertz CT molecular complexity index is 3790. The molecule has 3 aromatic heterocycles. The maximum Gasteiger partial charge on any atom is 0.248 e. The third kappa shape index (κ3) is 7.43. The lowest BCUT2D eigenvalue weighted by Gasteiger charge is -2.33. The fraction of sp³-hybridized carbons (Fsp3) is 0.0323. The molecule has 1 unspecified atom stereocenters. The van der Waals surface area contributed by atoms with Crippen LogP contribution >= 0.6 is 0 Å². The number of anilines is 4. The van der Waals surface area contributed by atoms with Crippen molar-refractivity contribution in [3.63, 3.8) is 0 Å². The van der Waals surface area contributed by atoms with Gasteiger partial charge in [-0.25, -0.2) is 0 Å². The number of hydrogen-bond donors (Lipinski definition) is 0. The standard InChI is InChI=1S/C62H46N6O/c1-3-4-20-43(2)65(46-21-8-5-9-22-46)49-27-18-29-51(41-49)67-57-33-16-14-31-53(57)55-37-35-44(39-59(55)67)61-63-64-62(69-61)45-36-38-56-54-32-15-17-34-58(54)68(60(56)40-45)52-30-19-28-50(42-52)66(47-23-10-6-11-24-47)48-25-12-7-13-26-48/h3-21,23-42,46H,1-2,22H2/b20-4-. The predicted molar refractivity (Wildman–Crippen MR) is 286 cm³/mol. The molecule has 7 heteroatoms. The van der Waals surface area contributed by atoms with Gasteiger partial charge in [-0.1, -0.05) is 147 Å². The number of rotatable bonds is 12. The Kier molecular flexibility index (Phi) is 10.5. The van der Waals surface area contributed by atoms with E-state index in [0.717, 1.165) is 101 Å². The Morgan fingerprint density at radius 2 is 1.03 bits per heavy atom. The van der Waals surface area contributed by atoms with Crippen LogP contribution in [0.3, 0.4) is 0 Å². The minimum absolute atomic E-state index is 0.120. The van der Waals surface area contributed by atoms with Gasteiger partial charge in [0.1, 0.15) is 0 Å². The van der Waals surface area contributed by atoms with Crippen LogP contribution in [-0.2, 0) is 0 Å². The van der Waals surface area contributed by atoms with Crippen molar-refractivity contribution in [3.05, 3.63) is 256 Å². The van der Waals surface area contributed by atoms with Gasteiger partial charge in [0.25, 0.3) is 0 Å². The summed E-state index contributed by atoms with van der Waals surface area (Å²) in [4.78, 5) is 4.59. The first-order valence-corrected chi connectivity index (χ1v) is 23.2. The maximum absolute atomic E-state index is 6.63. The van der Waals surface area contributed by atoms with E-state index in [1.165, 1.54) is 0 Å². The second-order valence-electron chi connectivity index (χ2n) is 17.2. The molecule has 1 aliphatic carbocycles. The van der Waals surface area contributed by atoms with Gasteiger partial charge in [0.15, 0.2) is 0 Å². The first kappa shape index (κ1) is 41.2. The zero-order valence-electron chi connectivity index (χ0n) is 37.8. The molecule has 0 N–H and O–H groups in total. The molecule has 0 fully saturated rings. The van der Waals surface area contributed by atoms with Crippen LogP contribution < -0.4 is 9.80 Å². The highest BCUT2D eigenvalue weighted by Crippen LogP contribution is 2.40. The molecule has 0 amide bonds. The van der Waals surface area contributed by atoms with Crippen molar-refractivity contribution in [1.29, 1.82) is 0 Å². The van der Waals surface area contributed by atoms with E-state index in [-0.39, 0.29) is 6.04 Å². The summed E-state index contributed by atoms with van der Waals surface area (Å²) in [5.74, 6) is 0.892. The number of hydrogen-bond acceptors (Lipinski definition) is 5. The highest BCUT2D eigenvalue weighted by Gasteiger charge is 2.22. The summed E-state index contributed by atoms with van der Waals surface area (Å²) in [7, 11) is 0. The Hall–Kier alpha value is -9.20. The summed E-state index contributed by atoms with van der Waals surface area (Å²) in [5.41, 5.74) is 13.2. The van der Waals surface area contributed by atoms with Gasteiger partial charge in [0.05, 0.1) is 28.1 Å². The van der Waals surface area contributed by atoms with E-state index in [1.807, 2.05) is 12.2 Å². The lowest BCUT2D eigenvalue weighted by Crippen LogP contribution is -2.32. The Morgan fingerprint density at radius 1 is 0.522 bits per heavy atom. The molecule has 0 bridgehead atoms. The average molecular weight is 891 g/mol. The molecular formula is C62H46N6O. The lowest BCUT2D eigenvalue weighted by atomic mass is 10.0. The Labute approximate surface area is 400 Å². The number of nitrogens with zero attached hydrogens (tertiary/aromatic N) is 6. The smallest absolute Gasteiger partial charge is 0.248 e. The molecule has 0 saturated heterocycles. The van der Waals surface area contributed by atoms with Crippen molar-refractivity contribution in [2.75, 3.05) is 9.80 Å². The molecule has 7 nitrogen and oxygen atoms in total. The Morgan fingerprint density at radius 3 is 1.58 bits per heavy atom. The summed E-state index contributed by atoms with van der Waals surface area (Å²) in [6.07, 6.45) is 15.2. The maximum atomic E-state index is 6.63. The van der Waals surface area contributed by atoms with Crippen LogP contribution in [-0.4, -0.2) is 25.4 Å². The minimum Gasteiger partial charge on any atom is -0.416 e. The van der Waals surface area contributed by atoms with Gasteiger partial charge in [-0.2, -0.15) is 0 Å². The van der Waals surface area contributed by atoms with Gasteiger partial charge in [-0.05, 0) is 110 Å². The normalized spacial score (nSPS) is 13.5. The average Bonchev–Trinajstić information content (AvgIpc) is 4.12. The molecule has 1 aliphatic rings. The number of allylic oxidation sites excluding steroid dienone is 5. The van der Waals surface area contributed by atoms with Crippen molar-refractivity contribution in [2.24, 2.45) is 0 Å². The molecule has 0 radical (unpaired) electrons. The van der Waals surface area contributed by atoms with Crippen LogP contribution in [0.25, 0.3) is 77.9 Å². The van der Waals surface area contributed by atoms with Crippen LogP contribution in [0, 0.1) is 0 Å². The van der Waals surface area contributed by atoms with Gasteiger partial charge in [0, 0.05) is 72.5 Å². The molecule has 8 aromatic carbocycles. The fourth-order valence-electron chi connectivity index (χ4n) is 9.96. The third-order valence-electron chi connectivity index (χ3n) is 13.0. The van der Waals surface area contributed by atoms with Crippen LogP contribution in [0.2, 0.25) is 0 Å². The number of aromatic nitrogens is 4. The van der Waals surface area contributed by atoms with Crippen molar-refractivity contribution >= 4 is 66.4 Å². The largest absolute Gasteiger partial charge is 0.416 e. The number of fused-ring (bicyclic) bond motifs is 6.